The van der Waals surface area contributed by atoms with Crippen molar-refractivity contribution in [2.45, 2.75) is 39.5 Å². The number of aryl methyl sites for hydroxylation is 1. The molecule has 0 aliphatic carbocycles. The first-order valence-corrected chi connectivity index (χ1v) is 8.55. The second kappa shape index (κ2) is 8.54. The van der Waals surface area contributed by atoms with E-state index in [1.54, 1.807) is 0 Å². The molecule has 0 aliphatic rings. The molecule has 2 nitrogen and oxygen atoms in total. The van der Waals surface area contributed by atoms with Crippen molar-refractivity contribution >= 4 is 17.3 Å². The molecule has 0 spiro atoms. The van der Waals surface area contributed by atoms with Crippen LogP contribution in [0.15, 0.2) is 48.6 Å². The Morgan fingerprint density at radius 1 is 1.18 bits per heavy atom. The highest BCUT2D eigenvalue weighted by molar-refractivity contribution is 7.15. The molecule has 0 amide bonds. The lowest BCUT2D eigenvalue weighted by molar-refractivity contribution is -0.134. The monoisotopic (exact) mass is 314 g/mol. The van der Waals surface area contributed by atoms with Crippen LogP contribution in [0.5, 0.6) is 5.75 Å². The van der Waals surface area contributed by atoms with Crippen molar-refractivity contribution in [2.24, 2.45) is 0 Å². The zero-order chi connectivity index (χ0) is 15.8. The van der Waals surface area contributed by atoms with Crippen molar-refractivity contribution in [1.82, 2.24) is 0 Å². The average molecular weight is 314 g/mol. The normalized spacial score (nSPS) is 11.0. The SMILES string of the molecule is C/C=C/CCC(=O)Oc1ccc(-c2ccc(CCC)s2)cc1. The lowest BCUT2D eigenvalue weighted by Crippen LogP contribution is -2.06. The number of rotatable bonds is 7. The van der Waals surface area contributed by atoms with Gasteiger partial charge in [-0.3, -0.25) is 4.79 Å². The molecule has 1 aromatic heterocycles. The average Bonchev–Trinajstić information content (AvgIpc) is 2.97. The highest BCUT2D eigenvalue weighted by atomic mass is 32.1. The molecule has 0 bridgehead atoms. The van der Waals surface area contributed by atoms with E-state index >= 15 is 0 Å². The van der Waals surface area contributed by atoms with Crippen LogP contribution in [-0.4, -0.2) is 5.97 Å². The Labute approximate surface area is 136 Å². The minimum atomic E-state index is -0.188. The first-order valence-electron chi connectivity index (χ1n) is 7.74. The van der Waals surface area contributed by atoms with E-state index in [1.807, 2.05) is 54.7 Å². The third kappa shape index (κ3) is 4.85. The molecule has 2 rings (SSSR count). The van der Waals surface area contributed by atoms with Gasteiger partial charge in [-0.05, 0) is 61.7 Å². The fourth-order valence-corrected chi connectivity index (χ4v) is 3.27. The van der Waals surface area contributed by atoms with Gasteiger partial charge in [0, 0.05) is 16.2 Å². The van der Waals surface area contributed by atoms with Crippen molar-refractivity contribution < 1.29 is 9.53 Å². The fourth-order valence-electron chi connectivity index (χ4n) is 2.15. The third-order valence-corrected chi connectivity index (χ3v) is 4.47. The van der Waals surface area contributed by atoms with E-state index in [1.165, 1.54) is 21.7 Å². The summed E-state index contributed by atoms with van der Waals surface area (Å²) in [6.07, 6.45) is 7.35. The molecular weight excluding hydrogens is 292 g/mol. The van der Waals surface area contributed by atoms with Gasteiger partial charge in [-0.2, -0.15) is 0 Å². The summed E-state index contributed by atoms with van der Waals surface area (Å²) in [5, 5.41) is 0. The second-order valence-corrected chi connectivity index (χ2v) is 6.29. The highest BCUT2D eigenvalue weighted by Gasteiger charge is 2.06. The van der Waals surface area contributed by atoms with Crippen molar-refractivity contribution in [2.75, 3.05) is 0 Å². The first kappa shape index (κ1) is 16.5. The van der Waals surface area contributed by atoms with Gasteiger partial charge in [-0.25, -0.2) is 0 Å². The lowest BCUT2D eigenvalue weighted by atomic mass is 10.2. The molecule has 0 radical (unpaired) electrons. The smallest absolute Gasteiger partial charge is 0.311 e. The zero-order valence-corrected chi connectivity index (χ0v) is 14.0. The molecule has 0 atom stereocenters. The first-order chi connectivity index (χ1) is 10.7. The molecule has 1 heterocycles. The summed E-state index contributed by atoms with van der Waals surface area (Å²) in [6, 6.07) is 12.1. The van der Waals surface area contributed by atoms with E-state index in [-0.39, 0.29) is 5.97 Å². The van der Waals surface area contributed by atoms with Crippen LogP contribution in [-0.2, 0) is 11.2 Å². The van der Waals surface area contributed by atoms with E-state index in [0.717, 1.165) is 12.8 Å². The van der Waals surface area contributed by atoms with Gasteiger partial charge in [-0.1, -0.05) is 25.5 Å². The standard InChI is InChI=1S/C19H22O2S/c1-3-5-6-8-19(20)21-16-11-9-15(10-12-16)18-14-13-17(22-18)7-4-2/h3,5,9-14H,4,6-8H2,1-2H3/b5-3+. The maximum Gasteiger partial charge on any atom is 0.311 e. The summed E-state index contributed by atoms with van der Waals surface area (Å²) in [5.74, 6) is 0.423. The Morgan fingerprint density at radius 2 is 1.95 bits per heavy atom. The van der Waals surface area contributed by atoms with E-state index in [0.29, 0.717) is 12.2 Å². The maximum atomic E-state index is 11.7. The van der Waals surface area contributed by atoms with Crippen LogP contribution in [0, 0.1) is 0 Å². The summed E-state index contributed by atoms with van der Waals surface area (Å²) in [6.45, 7) is 4.14. The Balaban J connectivity index is 1.96. The minimum Gasteiger partial charge on any atom is -0.427 e. The zero-order valence-electron chi connectivity index (χ0n) is 13.2. The van der Waals surface area contributed by atoms with Crippen LogP contribution in [0.4, 0.5) is 0 Å². The molecular formula is C19H22O2S. The molecule has 0 saturated carbocycles. The van der Waals surface area contributed by atoms with Gasteiger partial charge < -0.3 is 4.74 Å². The Kier molecular flexibility index (Phi) is 6.41. The number of benzene rings is 1. The van der Waals surface area contributed by atoms with E-state index in [2.05, 4.69) is 19.1 Å². The molecule has 116 valence electrons. The van der Waals surface area contributed by atoms with Crippen LogP contribution in [0.3, 0.4) is 0 Å². The van der Waals surface area contributed by atoms with Gasteiger partial charge in [0.05, 0.1) is 0 Å². The number of thiophene rings is 1. The number of hydrogen-bond acceptors (Lipinski definition) is 3. The fraction of sp³-hybridized carbons (Fsp3) is 0.316. The van der Waals surface area contributed by atoms with E-state index in [4.69, 9.17) is 4.74 Å². The summed E-state index contributed by atoms with van der Waals surface area (Å²) in [7, 11) is 0. The van der Waals surface area contributed by atoms with Crippen LogP contribution < -0.4 is 4.74 Å². The number of allylic oxidation sites excluding steroid dienone is 2. The van der Waals surface area contributed by atoms with Crippen LogP contribution in [0.25, 0.3) is 10.4 Å². The van der Waals surface area contributed by atoms with Crippen LogP contribution in [0.2, 0.25) is 0 Å². The lowest BCUT2D eigenvalue weighted by Gasteiger charge is -2.04. The summed E-state index contributed by atoms with van der Waals surface area (Å²) >= 11 is 1.83. The van der Waals surface area contributed by atoms with Gasteiger partial charge in [-0.15, -0.1) is 11.3 Å². The Morgan fingerprint density at radius 3 is 2.64 bits per heavy atom. The van der Waals surface area contributed by atoms with Crippen molar-refractivity contribution in [3.05, 3.63) is 53.4 Å². The second-order valence-electron chi connectivity index (χ2n) is 5.12. The van der Waals surface area contributed by atoms with E-state index in [9.17, 15) is 4.79 Å². The number of ether oxygens (including phenoxy) is 1. The maximum absolute atomic E-state index is 11.7. The van der Waals surface area contributed by atoms with Gasteiger partial charge in [0.25, 0.3) is 0 Å². The quantitative estimate of drug-likeness (QED) is 0.376. The largest absolute Gasteiger partial charge is 0.427 e. The molecule has 0 unspecified atom stereocenters. The number of carbonyl (C=O) groups is 1. The molecule has 2 aromatic rings. The Hall–Kier alpha value is -1.87. The number of hydrogen-bond donors (Lipinski definition) is 0. The topological polar surface area (TPSA) is 26.3 Å². The third-order valence-electron chi connectivity index (χ3n) is 3.28. The van der Waals surface area contributed by atoms with Gasteiger partial charge in [0.15, 0.2) is 0 Å². The van der Waals surface area contributed by atoms with Gasteiger partial charge in [0.1, 0.15) is 5.75 Å². The minimum absolute atomic E-state index is 0.188. The Bertz CT molecular complexity index is 623. The summed E-state index contributed by atoms with van der Waals surface area (Å²) in [5.41, 5.74) is 1.17. The molecule has 0 fully saturated rings. The molecule has 3 heteroatoms. The molecule has 0 aliphatic heterocycles. The molecule has 0 N–H and O–H groups in total. The summed E-state index contributed by atoms with van der Waals surface area (Å²) in [4.78, 5) is 14.3. The van der Waals surface area contributed by atoms with Gasteiger partial charge >= 0.3 is 5.97 Å². The van der Waals surface area contributed by atoms with Crippen molar-refractivity contribution in [3.8, 4) is 16.2 Å². The molecule has 22 heavy (non-hydrogen) atoms. The number of esters is 1. The number of carbonyl (C=O) groups excluding carboxylic acids is 1. The predicted molar refractivity (Wildman–Crippen MR) is 93.4 cm³/mol. The van der Waals surface area contributed by atoms with Crippen molar-refractivity contribution in [1.29, 1.82) is 0 Å². The molecule has 0 saturated heterocycles. The van der Waals surface area contributed by atoms with Crippen LogP contribution >= 0.6 is 11.3 Å². The summed E-state index contributed by atoms with van der Waals surface area (Å²) < 4.78 is 5.33. The van der Waals surface area contributed by atoms with Crippen molar-refractivity contribution in [3.63, 3.8) is 0 Å². The van der Waals surface area contributed by atoms with Gasteiger partial charge in [0.2, 0.25) is 0 Å². The van der Waals surface area contributed by atoms with Crippen LogP contribution in [0.1, 0.15) is 38.0 Å². The van der Waals surface area contributed by atoms with E-state index < -0.39 is 0 Å². The predicted octanol–water partition coefficient (Wildman–Crippen LogP) is 5.63. The molecule has 1 aromatic carbocycles. The highest BCUT2D eigenvalue weighted by Crippen LogP contribution is 2.30.